The van der Waals surface area contributed by atoms with E-state index in [1.165, 1.54) is 0 Å². The van der Waals surface area contributed by atoms with E-state index in [0.29, 0.717) is 26.1 Å². The maximum Gasteiger partial charge on any atom is 0.320 e. The minimum atomic E-state index is -2.86. The van der Waals surface area contributed by atoms with Gasteiger partial charge in [-0.15, -0.1) is 0 Å². The zero-order valence-electron chi connectivity index (χ0n) is 8.42. The predicted octanol–water partition coefficient (Wildman–Crippen LogP) is -1.48. The fourth-order valence-corrected chi connectivity index (χ4v) is 2.70. The van der Waals surface area contributed by atoms with Gasteiger partial charge in [0.15, 0.2) is 9.84 Å². The third-order valence-electron chi connectivity index (χ3n) is 2.51. The Labute approximate surface area is 89.0 Å². The summed E-state index contributed by atoms with van der Waals surface area (Å²) in [7, 11) is -2.86. The molecule has 1 saturated heterocycles. The molecule has 0 spiro atoms. The molecule has 6 nitrogen and oxygen atoms in total. The van der Waals surface area contributed by atoms with Gasteiger partial charge in [-0.1, -0.05) is 0 Å². The van der Waals surface area contributed by atoms with Crippen LogP contribution in [0, 0.1) is 0 Å². The number of hydrogen-bond donors (Lipinski definition) is 2. The van der Waals surface area contributed by atoms with E-state index in [2.05, 4.69) is 0 Å². The number of hydrogen-bond acceptors (Lipinski definition) is 5. The van der Waals surface area contributed by atoms with Crippen LogP contribution in [0.25, 0.3) is 0 Å². The molecule has 0 saturated carbocycles. The Morgan fingerprint density at radius 2 is 1.93 bits per heavy atom. The lowest BCUT2D eigenvalue weighted by Gasteiger charge is -2.26. The molecule has 0 amide bonds. The van der Waals surface area contributed by atoms with Crippen LogP contribution >= 0.6 is 0 Å². The Bertz CT molecular complexity index is 314. The topological polar surface area (TPSA) is 101 Å². The number of carboxylic acids is 1. The molecule has 0 aliphatic carbocycles. The minimum Gasteiger partial charge on any atom is -0.480 e. The van der Waals surface area contributed by atoms with Crippen molar-refractivity contribution in [3.05, 3.63) is 0 Å². The molecule has 0 aromatic carbocycles. The van der Waals surface area contributed by atoms with Crippen LogP contribution in [0.2, 0.25) is 0 Å². The Hall–Kier alpha value is -0.660. The number of rotatable bonds is 4. The van der Waals surface area contributed by atoms with Gasteiger partial charge in [0.1, 0.15) is 6.04 Å². The highest BCUT2D eigenvalue weighted by Gasteiger charge is 2.22. The molecule has 88 valence electrons. The molecule has 1 aliphatic heterocycles. The van der Waals surface area contributed by atoms with E-state index in [1.807, 2.05) is 4.90 Å². The molecule has 0 bridgehead atoms. The van der Waals surface area contributed by atoms with Gasteiger partial charge in [-0.05, 0) is 6.42 Å². The molecule has 0 unspecified atom stereocenters. The molecule has 0 radical (unpaired) electrons. The van der Waals surface area contributed by atoms with Crippen molar-refractivity contribution < 1.29 is 18.3 Å². The van der Waals surface area contributed by atoms with E-state index >= 15 is 0 Å². The standard InChI is InChI=1S/C8H16N2O4S/c9-7(8(11)12)1-2-10-3-5-15(13,14)6-4-10/h7H,1-6,9H2,(H,11,12)/t7-/m0/s1. The largest absolute Gasteiger partial charge is 0.480 e. The quantitative estimate of drug-likeness (QED) is 0.617. The van der Waals surface area contributed by atoms with Gasteiger partial charge in [-0.2, -0.15) is 0 Å². The summed E-state index contributed by atoms with van der Waals surface area (Å²) in [5.74, 6) is -0.690. The van der Waals surface area contributed by atoms with Crippen LogP contribution in [-0.4, -0.2) is 61.6 Å². The lowest BCUT2D eigenvalue weighted by atomic mass is 10.2. The molecule has 1 rings (SSSR count). The third kappa shape index (κ3) is 4.15. The predicted molar refractivity (Wildman–Crippen MR) is 55.3 cm³/mol. The number of carbonyl (C=O) groups is 1. The van der Waals surface area contributed by atoms with Crippen LogP contribution in [0.15, 0.2) is 0 Å². The molecule has 1 heterocycles. The van der Waals surface area contributed by atoms with Crippen molar-refractivity contribution in [1.82, 2.24) is 4.90 Å². The van der Waals surface area contributed by atoms with E-state index in [4.69, 9.17) is 10.8 Å². The summed E-state index contributed by atoms with van der Waals surface area (Å²) in [5.41, 5.74) is 5.34. The van der Waals surface area contributed by atoms with E-state index in [9.17, 15) is 13.2 Å². The van der Waals surface area contributed by atoms with E-state index in [1.54, 1.807) is 0 Å². The van der Waals surface area contributed by atoms with Crippen molar-refractivity contribution in [3.8, 4) is 0 Å². The first kappa shape index (κ1) is 12.4. The smallest absolute Gasteiger partial charge is 0.320 e. The van der Waals surface area contributed by atoms with Crippen LogP contribution in [0.5, 0.6) is 0 Å². The summed E-state index contributed by atoms with van der Waals surface area (Å²) < 4.78 is 22.2. The molecular formula is C8H16N2O4S. The number of carboxylic acid groups (broad SMARTS) is 1. The molecule has 1 fully saturated rings. The Balaban J connectivity index is 2.28. The summed E-state index contributed by atoms with van der Waals surface area (Å²) in [6.45, 7) is 1.51. The van der Waals surface area contributed by atoms with Gasteiger partial charge < -0.3 is 15.7 Å². The van der Waals surface area contributed by atoms with E-state index < -0.39 is 21.8 Å². The zero-order valence-corrected chi connectivity index (χ0v) is 9.24. The fraction of sp³-hybridized carbons (Fsp3) is 0.875. The van der Waals surface area contributed by atoms with E-state index in [0.717, 1.165) is 0 Å². The van der Waals surface area contributed by atoms with Gasteiger partial charge in [-0.3, -0.25) is 4.79 Å². The monoisotopic (exact) mass is 236 g/mol. The molecule has 1 atom stereocenters. The van der Waals surface area contributed by atoms with Gasteiger partial charge in [0, 0.05) is 19.6 Å². The highest BCUT2D eigenvalue weighted by atomic mass is 32.2. The summed E-state index contributed by atoms with van der Waals surface area (Å²) in [6.07, 6.45) is 0.357. The SMILES string of the molecule is N[C@@H](CCN1CCS(=O)(=O)CC1)C(=O)O. The zero-order chi connectivity index (χ0) is 11.5. The van der Waals surface area contributed by atoms with Gasteiger partial charge in [0.05, 0.1) is 11.5 Å². The normalized spacial score (nSPS) is 23.5. The van der Waals surface area contributed by atoms with Gasteiger partial charge in [0.25, 0.3) is 0 Å². The molecule has 0 aromatic heterocycles. The first-order chi connectivity index (χ1) is 6.91. The van der Waals surface area contributed by atoms with Crippen LogP contribution in [-0.2, 0) is 14.6 Å². The molecule has 15 heavy (non-hydrogen) atoms. The number of nitrogens with zero attached hydrogens (tertiary/aromatic N) is 1. The minimum absolute atomic E-state index is 0.162. The number of sulfone groups is 1. The van der Waals surface area contributed by atoms with Crippen molar-refractivity contribution in [2.75, 3.05) is 31.1 Å². The molecule has 3 N–H and O–H groups in total. The van der Waals surface area contributed by atoms with Gasteiger partial charge in [-0.25, -0.2) is 8.42 Å². The summed E-state index contributed by atoms with van der Waals surface area (Å²) >= 11 is 0. The highest BCUT2D eigenvalue weighted by molar-refractivity contribution is 7.91. The number of aliphatic carboxylic acids is 1. The second-order valence-electron chi connectivity index (χ2n) is 3.73. The summed E-state index contributed by atoms with van der Waals surface area (Å²) in [4.78, 5) is 12.4. The molecule has 1 aliphatic rings. The Morgan fingerprint density at radius 3 is 2.40 bits per heavy atom. The maximum atomic E-state index is 11.1. The summed E-state index contributed by atoms with van der Waals surface area (Å²) in [5, 5.41) is 8.56. The van der Waals surface area contributed by atoms with Crippen LogP contribution in [0.1, 0.15) is 6.42 Å². The Morgan fingerprint density at radius 1 is 1.40 bits per heavy atom. The molecular weight excluding hydrogens is 220 g/mol. The van der Waals surface area contributed by atoms with Crippen molar-refractivity contribution in [2.24, 2.45) is 5.73 Å². The van der Waals surface area contributed by atoms with E-state index in [-0.39, 0.29) is 11.5 Å². The second-order valence-corrected chi connectivity index (χ2v) is 6.03. The van der Waals surface area contributed by atoms with Crippen molar-refractivity contribution >= 4 is 15.8 Å². The first-order valence-electron chi connectivity index (χ1n) is 4.82. The second kappa shape index (κ2) is 4.91. The highest BCUT2D eigenvalue weighted by Crippen LogP contribution is 2.04. The third-order valence-corrected chi connectivity index (χ3v) is 4.12. The molecule has 7 heteroatoms. The molecule has 0 aromatic rings. The number of nitrogens with two attached hydrogens (primary N) is 1. The average molecular weight is 236 g/mol. The van der Waals surface area contributed by atoms with Crippen LogP contribution in [0.3, 0.4) is 0 Å². The fourth-order valence-electron chi connectivity index (χ4n) is 1.42. The van der Waals surface area contributed by atoms with Crippen molar-refractivity contribution in [1.29, 1.82) is 0 Å². The van der Waals surface area contributed by atoms with Gasteiger partial charge in [0.2, 0.25) is 0 Å². The maximum absolute atomic E-state index is 11.1. The van der Waals surface area contributed by atoms with Crippen LogP contribution in [0.4, 0.5) is 0 Å². The van der Waals surface area contributed by atoms with Gasteiger partial charge >= 0.3 is 5.97 Å². The van der Waals surface area contributed by atoms with Crippen molar-refractivity contribution in [3.63, 3.8) is 0 Å². The lowest BCUT2D eigenvalue weighted by molar-refractivity contribution is -0.138. The Kier molecular flexibility index (Phi) is 4.06. The van der Waals surface area contributed by atoms with Crippen molar-refractivity contribution in [2.45, 2.75) is 12.5 Å². The summed E-state index contributed by atoms with van der Waals surface area (Å²) in [6, 6.07) is -0.858. The average Bonchev–Trinajstić information content (AvgIpc) is 2.15. The first-order valence-corrected chi connectivity index (χ1v) is 6.64. The van der Waals surface area contributed by atoms with Crippen LogP contribution < -0.4 is 5.73 Å². The lowest BCUT2D eigenvalue weighted by Crippen LogP contribution is -2.43.